The molecule has 90 valence electrons. The molecule has 0 aliphatic heterocycles. The number of nitrogens with one attached hydrogen (secondary N) is 1. The molecular weight excluding hydrogens is 222 g/mol. The first kappa shape index (κ1) is 11.4. The number of fused-ring (bicyclic) bond motifs is 1. The summed E-state index contributed by atoms with van der Waals surface area (Å²) in [5, 5.41) is 11.8. The van der Waals surface area contributed by atoms with E-state index < -0.39 is 11.4 Å². The zero-order chi connectivity index (χ0) is 12.4. The summed E-state index contributed by atoms with van der Waals surface area (Å²) in [4.78, 5) is 26.6. The fourth-order valence-corrected chi connectivity index (χ4v) is 1.80. The number of carbonyl (C=O) groups is 1. The van der Waals surface area contributed by atoms with Crippen molar-refractivity contribution in [2.24, 2.45) is 0 Å². The van der Waals surface area contributed by atoms with Gasteiger partial charge in [0.05, 0.1) is 0 Å². The van der Waals surface area contributed by atoms with Crippen LogP contribution in [0.4, 0.5) is 0 Å². The number of hydrogen-bond donors (Lipinski definition) is 2. The SMILES string of the molecule is CCCCc1cc(=O)c(C(=O)O)c2nc[nH]n12. The number of hydrogen-bond acceptors (Lipinski definition) is 3. The molecule has 0 radical (unpaired) electrons. The molecule has 0 bridgehead atoms. The van der Waals surface area contributed by atoms with Crippen molar-refractivity contribution in [1.29, 1.82) is 0 Å². The van der Waals surface area contributed by atoms with Crippen LogP contribution in [0.25, 0.3) is 5.65 Å². The molecule has 2 heterocycles. The number of aromatic amines is 1. The second-order valence-corrected chi connectivity index (χ2v) is 3.83. The molecule has 0 fully saturated rings. The van der Waals surface area contributed by atoms with Gasteiger partial charge in [-0.15, -0.1) is 0 Å². The average molecular weight is 235 g/mol. The van der Waals surface area contributed by atoms with Gasteiger partial charge in [-0.25, -0.2) is 14.3 Å². The molecule has 2 N–H and O–H groups in total. The number of carboxylic acid groups (broad SMARTS) is 1. The maximum atomic E-state index is 11.7. The van der Waals surface area contributed by atoms with Crippen LogP contribution in [0.15, 0.2) is 17.2 Å². The molecule has 0 aliphatic carbocycles. The van der Waals surface area contributed by atoms with Crippen molar-refractivity contribution in [3.63, 3.8) is 0 Å². The summed E-state index contributed by atoms with van der Waals surface area (Å²) in [6.07, 6.45) is 4.05. The van der Waals surface area contributed by atoms with E-state index in [4.69, 9.17) is 5.11 Å². The van der Waals surface area contributed by atoms with Crippen molar-refractivity contribution >= 4 is 11.6 Å². The standard InChI is InChI=1S/C11H13N3O3/c1-2-3-4-7-5-8(15)9(11(16)17)10-12-6-13-14(7)10/h5-6H,2-4H2,1H3,(H,12,13)(H,16,17). The zero-order valence-electron chi connectivity index (χ0n) is 9.43. The smallest absolute Gasteiger partial charge is 0.343 e. The molecule has 17 heavy (non-hydrogen) atoms. The van der Waals surface area contributed by atoms with Crippen LogP contribution in [0, 0.1) is 0 Å². The summed E-state index contributed by atoms with van der Waals surface area (Å²) in [5.41, 5.74) is 0.160. The first-order valence-electron chi connectivity index (χ1n) is 5.46. The Balaban J connectivity index is 2.66. The van der Waals surface area contributed by atoms with Gasteiger partial charge in [-0.1, -0.05) is 13.3 Å². The number of nitrogens with zero attached hydrogens (tertiary/aromatic N) is 2. The van der Waals surface area contributed by atoms with Crippen molar-refractivity contribution in [3.05, 3.63) is 33.9 Å². The highest BCUT2D eigenvalue weighted by molar-refractivity contribution is 5.94. The van der Waals surface area contributed by atoms with Gasteiger partial charge in [-0.3, -0.25) is 9.89 Å². The lowest BCUT2D eigenvalue weighted by Crippen LogP contribution is -2.19. The minimum Gasteiger partial charge on any atom is -0.477 e. The summed E-state index contributed by atoms with van der Waals surface area (Å²) in [5.74, 6) is -1.25. The van der Waals surface area contributed by atoms with E-state index in [1.807, 2.05) is 0 Å². The Kier molecular flexibility index (Phi) is 2.95. The van der Waals surface area contributed by atoms with E-state index in [-0.39, 0.29) is 11.2 Å². The lowest BCUT2D eigenvalue weighted by Gasteiger charge is -2.05. The molecule has 0 aromatic carbocycles. The van der Waals surface area contributed by atoms with Gasteiger partial charge in [0.1, 0.15) is 6.33 Å². The highest BCUT2D eigenvalue weighted by atomic mass is 16.4. The van der Waals surface area contributed by atoms with E-state index in [0.29, 0.717) is 0 Å². The highest BCUT2D eigenvalue weighted by Crippen LogP contribution is 2.09. The number of aromatic carboxylic acids is 1. The number of rotatable bonds is 4. The summed E-state index contributed by atoms with van der Waals surface area (Å²) >= 11 is 0. The molecule has 0 spiro atoms. The van der Waals surface area contributed by atoms with E-state index in [2.05, 4.69) is 17.0 Å². The van der Waals surface area contributed by atoms with Crippen LogP contribution >= 0.6 is 0 Å². The van der Waals surface area contributed by atoms with Crippen LogP contribution < -0.4 is 5.43 Å². The first-order valence-corrected chi connectivity index (χ1v) is 5.46. The molecule has 2 aromatic rings. The lowest BCUT2D eigenvalue weighted by atomic mass is 10.1. The van der Waals surface area contributed by atoms with E-state index in [0.717, 1.165) is 25.0 Å². The minimum atomic E-state index is -1.25. The molecule has 0 atom stereocenters. The van der Waals surface area contributed by atoms with Gasteiger partial charge in [0.25, 0.3) is 0 Å². The second kappa shape index (κ2) is 4.40. The van der Waals surface area contributed by atoms with Crippen LogP contribution in [0.3, 0.4) is 0 Å². The molecule has 2 rings (SSSR count). The molecule has 6 heteroatoms. The highest BCUT2D eigenvalue weighted by Gasteiger charge is 2.17. The Morgan fingerprint density at radius 2 is 2.35 bits per heavy atom. The fourth-order valence-electron chi connectivity index (χ4n) is 1.80. The van der Waals surface area contributed by atoms with Crippen LogP contribution in [0.5, 0.6) is 0 Å². The predicted octanol–water partition coefficient (Wildman–Crippen LogP) is 1.06. The van der Waals surface area contributed by atoms with Gasteiger partial charge in [0.2, 0.25) is 0 Å². The Bertz CT molecular complexity index is 612. The lowest BCUT2D eigenvalue weighted by molar-refractivity contribution is 0.0697. The summed E-state index contributed by atoms with van der Waals surface area (Å²) < 4.78 is 1.56. The quantitative estimate of drug-likeness (QED) is 0.829. The van der Waals surface area contributed by atoms with Gasteiger partial charge in [-0.05, 0) is 12.8 Å². The summed E-state index contributed by atoms with van der Waals surface area (Å²) in [6, 6.07) is 1.37. The van der Waals surface area contributed by atoms with Gasteiger partial charge in [0.15, 0.2) is 16.6 Å². The van der Waals surface area contributed by atoms with Crippen LogP contribution in [0.1, 0.15) is 35.8 Å². The third kappa shape index (κ3) is 1.93. The molecule has 0 saturated heterocycles. The molecular formula is C11H13N3O3. The average Bonchev–Trinajstić information content (AvgIpc) is 2.73. The zero-order valence-corrected chi connectivity index (χ0v) is 9.43. The van der Waals surface area contributed by atoms with Gasteiger partial charge < -0.3 is 5.11 Å². The maximum absolute atomic E-state index is 11.7. The molecule has 2 aromatic heterocycles. The number of pyridine rings is 1. The van der Waals surface area contributed by atoms with E-state index >= 15 is 0 Å². The Morgan fingerprint density at radius 3 is 3.00 bits per heavy atom. The number of aromatic nitrogens is 3. The van der Waals surface area contributed by atoms with Crippen molar-refractivity contribution in [3.8, 4) is 0 Å². The third-order valence-corrected chi connectivity index (χ3v) is 2.64. The number of carboxylic acids is 1. The first-order chi connectivity index (χ1) is 8.15. The number of aryl methyl sites for hydroxylation is 1. The second-order valence-electron chi connectivity index (χ2n) is 3.83. The molecule has 0 saturated carbocycles. The molecule has 0 unspecified atom stereocenters. The number of H-pyrrole nitrogens is 1. The Morgan fingerprint density at radius 1 is 1.59 bits per heavy atom. The van der Waals surface area contributed by atoms with Gasteiger partial charge in [0, 0.05) is 11.8 Å². The largest absolute Gasteiger partial charge is 0.477 e. The molecule has 0 amide bonds. The van der Waals surface area contributed by atoms with E-state index in [1.54, 1.807) is 4.52 Å². The molecule has 6 nitrogen and oxygen atoms in total. The van der Waals surface area contributed by atoms with Gasteiger partial charge in [-0.2, -0.15) is 0 Å². The van der Waals surface area contributed by atoms with Gasteiger partial charge >= 0.3 is 5.97 Å². The van der Waals surface area contributed by atoms with Crippen molar-refractivity contribution in [2.45, 2.75) is 26.2 Å². The minimum absolute atomic E-state index is 0.177. The van der Waals surface area contributed by atoms with Crippen molar-refractivity contribution < 1.29 is 9.90 Å². The fraction of sp³-hybridized carbons (Fsp3) is 0.364. The monoisotopic (exact) mass is 235 g/mol. The number of unbranched alkanes of at least 4 members (excludes halogenated alkanes) is 1. The normalized spacial score (nSPS) is 10.9. The predicted molar refractivity (Wildman–Crippen MR) is 61.4 cm³/mol. The van der Waals surface area contributed by atoms with Crippen molar-refractivity contribution in [1.82, 2.24) is 14.6 Å². The summed E-state index contributed by atoms with van der Waals surface area (Å²) in [7, 11) is 0. The third-order valence-electron chi connectivity index (χ3n) is 2.64. The van der Waals surface area contributed by atoms with Crippen molar-refractivity contribution in [2.75, 3.05) is 0 Å². The summed E-state index contributed by atoms with van der Waals surface area (Å²) in [6.45, 7) is 2.05. The van der Waals surface area contributed by atoms with E-state index in [1.165, 1.54) is 12.4 Å². The van der Waals surface area contributed by atoms with Crippen LogP contribution in [-0.2, 0) is 6.42 Å². The maximum Gasteiger partial charge on any atom is 0.343 e. The Labute approximate surface area is 96.9 Å². The van der Waals surface area contributed by atoms with E-state index in [9.17, 15) is 9.59 Å². The van der Waals surface area contributed by atoms with Crippen LogP contribution in [0.2, 0.25) is 0 Å². The molecule has 0 aliphatic rings. The van der Waals surface area contributed by atoms with Crippen LogP contribution in [-0.4, -0.2) is 25.7 Å². The topological polar surface area (TPSA) is 87.5 Å². The Hall–Kier alpha value is -2.11.